The van der Waals surface area contributed by atoms with Gasteiger partial charge >= 0.3 is 0 Å². The second-order valence-corrected chi connectivity index (χ2v) is 5.29. The molecule has 1 aromatic carbocycles. The molecule has 0 unspecified atom stereocenters. The molecule has 2 rings (SSSR count). The Kier molecular flexibility index (Phi) is 5.52. The van der Waals surface area contributed by atoms with E-state index in [2.05, 4.69) is 12.1 Å². The summed E-state index contributed by atoms with van der Waals surface area (Å²) in [7, 11) is 0. The van der Waals surface area contributed by atoms with Crippen molar-refractivity contribution in [1.29, 1.82) is 0 Å². The van der Waals surface area contributed by atoms with Crippen molar-refractivity contribution in [3.8, 4) is 0 Å². The first-order valence-corrected chi connectivity index (χ1v) is 7.12. The fourth-order valence-corrected chi connectivity index (χ4v) is 2.22. The number of hydrogen-bond acceptors (Lipinski definition) is 4. The quantitative estimate of drug-likeness (QED) is 0.357. The molecule has 0 radical (unpaired) electrons. The minimum Gasteiger partial charge on any atom is -0.319 e. The highest BCUT2D eigenvalue weighted by atomic mass is 32.1. The molecule has 128 valence electrons. The van der Waals surface area contributed by atoms with E-state index in [4.69, 9.17) is 4.84 Å². The molecule has 4 nitrogen and oxygen atoms in total. The SMILES string of the molecule is C=C(NOCC(=O)Nc1c(F)c(F)c(F)c(F)c1F)c1cccs1. The van der Waals surface area contributed by atoms with Crippen molar-refractivity contribution < 1.29 is 31.6 Å². The average Bonchev–Trinajstić information content (AvgIpc) is 3.09. The van der Waals surface area contributed by atoms with Crippen molar-refractivity contribution in [3.05, 3.63) is 58.1 Å². The lowest BCUT2D eigenvalue weighted by atomic mass is 10.2. The van der Waals surface area contributed by atoms with Gasteiger partial charge in [-0.25, -0.2) is 22.0 Å². The number of hydroxylamine groups is 1. The van der Waals surface area contributed by atoms with Gasteiger partial charge in [0.1, 0.15) is 5.69 Å². The van der Waals surface area contributed by atoms with Crippen molar-refractivity contribution in [3.63, 3.8) is 0 Å². The van der Waals surface area contributed by atoms with Gasteiger partial charge < -0.3 is 5.32 Å². The van der Waals surface area contributed by atoms with Crippen molar-refractivity contribution in [2.75, 3.05) is 11.9 Å². The van der Waals surface area contributed by atoms with Gasteiger partial charge in [-0.3, -0.25) is 15.1 Å². The number of benzene rings is 1. The number of nitrogens with one attached hydrogen (secondary N) is 2. The Labute approximate surface area is 136 Å². The monoisotopic (exact) mass is 364 g/mol. The topological polar surface area (TPSA) is 50.4 Å². The maximum atomic E-state index is 13.4. The second-order valence-electron chi connectivity index (χ2n) is 4.34. The summed E-state index contributed by atoms with van der Waals surface area (Å²) < 4.78 is 65.7. The summed E-state index contributed by atoms with van der Waals surface area (Å²) in [5.74, 6) is -12.0. The number of anilines is 1. The summed E-state index contributed by atoms with van der Waals surface area (Å²) in [4.78, 5) is 17.0. The molecule has 24 heavy (non-hydrogen) atoms. The molecule has 1 amide bonds. The van der Waals surface area contributed by atoms with Gasteiger partial charge in [0.05, 0.1) is 10.6 Å². The number of hydrogen-bond donors (Lipinski definition) is 2. The van der Waals surface area contributed by atoms with Crippen LogP contribution < -0.4 is 10.8 Å². The minimum absolute atomic E-state index is 0.328. The van der Waals surface area contributed by atoms with E-state index in [0.717, 1.165) is 4.88 Å². The third-order valence-corrected chi connectivity index (χ3v) is 3.62. The van der Waals surface area contributed by atoms with Crippen molar-refractivity contribution >= 4 is 28.6 Å². The third kappa shape index (κ3) is 3.71. The van der Waals surface area contributed by atoms with Crippen LogP contribution in [0.25, 0.3) is 5.70 Å². The van der Waals surface area contributed by atoms with Crippen molar-refractivity contribution in [1.82, 2.24) is 5.48 Å². The van der Waals surface area contributed by atoms with E-state index in [1.807, 2.05) is 0 Å². The zero-order chi connectivity index (χ0) is 17.9. The molecule has 0 bridgehead atoms. The van der Waals surface area contributed by atoms with Gasteiger partial charge in [-0.15, -0.1) is 11.3 Å². The number of carbonyl (C=O) groups excluding carboxylic acids is 1. The molecule has 0 atom stereocenters. The maximum absolute atomic E-state index is 13.4. The zero-order valence-electron chi connectivity index (χ0n) is 11.8. The largest absolute Gasteiger partial charge is 0.319 e. The van der Waals surface area contributed by atoms with Gasteiger partial charge in [0.15, 0.2) is 29.9 Å². The van der Waals surface area contributed by atoms with Gasteiger partial charge in [-0.1, -0.05) is 12.6 Å². The lowest BCUT2D eigenvalue weighted by Gasteiger charge is -2.11. The molecule has 0 aliphatic carbocycles. The van der Waals surface area contributed by atoms with E-state index in [0.29, 0.717) is 5.70 Å². The molecule has 0 spiro atoms. The molecule has 1 heterocycles. The van der Waals surface area contributed by atoms with Crippen LogP contribution in [-0.4, -0.2) is 12.5 Å². The van der Waals surface area contributed by atoms with Crippen LogP contribution >= 0.6 is 11.3 Å². The summed E-state index contributed by atoms with van der Waals surface area (Å²) in [6.07, 6.45) is 0. The number of halogens is 5. The Morgan fingerprint density at radius 1 is 1.08 bits per heavy atom. The van der Waals surface area contributed by atoms with Crippen LogP contribution in [0, 0.1) is 29.1 Å². The van der Waals surface area contributed by atoms with Crippen LogP contribution in [0.15, 0.2) is 24.1 Å². The van der Waals surface area contributed by atoms with Crippen LogP contribution in [-0.2, 0) is 9.63 Å². The second kappa shape index (κ2) is 7.41. The fraction of sp³-hybridized carbons (Fsp3) is 0.0714. The molecule has 0 saturated heterocycles. The van der Waals surface area contributed by atoms with Crippen molar-refractivity contribution in [2.24, 2.45) is 0 Å². The highest BCUT2D eigenvalue weighted by Gasteiger charge is 2.26. The van der Waals surface area contributed by atoms with Gasteiger partial charge in [-0.2, -0.15) is 0 Å². The first-order chi connectivity index (χ1) is 11.3. The van der Waals surface area contributed by atoms with Crippen LogP contribution in [0.3, 0.4) is 0 Å². The molecule has 0 aliphatic heterocycles. The molecular formula is C14H9F5N2O2S. The van der Waals surface area contributed by atoms with E-state index in [1.54, 1.807) is 22.8 Å². The Morgan fingerprint density at radius 2 is 1.67 bits per heavy atom. The molecule has 0 fully saturated rings. The number of carbonyl (C=O) groups is 1. The average molecular weight is 364 g/mol. The Balaban J connectivity index is 1.97. The molecule has 2 N–H and O–H groups in total. The standard InChI is InChI=1S/C14H9F5N2O2S/c1-6(7-3-2-4-24-7)21-23-5-8(22)20-14-12(18)10(16)9(15)11(17)13(14)19/h2-4,21H,1,5H2,(H,20,22). The number of rotatable bonds is 6. The van der Waals surface area contributed by atoms with Gasteiger partial charge in [-0.05, 0) is 11.4 Å². The van der Waals surface area contributed by atoms with E-state index in [1.165, 1.54) is 11.3 Å². The summed E-state index contributed by atoms with van der Waals surface area (Å²) in [5.41, 5.74) is 1.20. The summed E-state index contributed by atoms with van der Waals surface area (Å²) >= 11 is 1.34. The van der Waals surface area contributed by atoms with Gasteiger partial charge in [0.25, 0.3) is 5.91 Å². The molecule has 0 aliphatic rings. The summed E-state index contributed by atoms with van der Waals surface area (Å²) in [6.45, 7) is 2.86. The van der Waals surface area contributed by atoms with Crippen LogP contribution in [0.4, 0.5) is 27.6 Å². The first kappa shape index (κ1) is 17.9. The first-order valence-electron chi connectivity index (χ1n) is 6.24. The molecule has 2 aromatic rings. The fourth-order valence-electron chi connectivity index (χ4n) is 1.58. The Hall–Kier alpha value is -2.46. The Morgan fingerprint density at radius 3 is 2.21 bits per heavy atom. The minimum atomic E-state index is -2.31. The van der Waals surface area contributed by atoms with E-state index in [-0.39, 0.29) is 0 Å². The predicted octanol–water partition coefficient (Wildman–Crippen LogP) is 3.57. The van der Waals surface area contributed by atoms with E-state index in [9.17, 15) is 26.7 Å². The van der Waals surface area contributed by atoms with E-state index >= 15 is 0 Å². The van der Waals surface area contributed by atoms with Crippen molar-refractivity contribution in [2.45, 2.75) is 0 Å². The molecule has 0 saturated carbocycles. The highest BCUT2D eigenvalue weighted by molar-refractivity contribution is 7.11. The molecular weight excluding hydrogens is 355 g/mol. The summed E-state index contributed by atoms with van der Waals surface area (Å²) in [6, 6.07) is 3.47. The maximum Gasteiger partial charge on any atom is 0.253 e. The van der Waals surface area contributed by atoms with Crippen LogP contribution in [0.5, 0.6) is 0 Å². The van der Waals surface area contributed by atoms with Gasteiger partial charge in [0, 0.05) is 0 Å². The molecule has 10 heteroatoms. The number of thiophene rings is 1. The van der Waals surface area contributed by atoms with Crippen LogP contribution in [0.2, 0.25) is 0 Å². The van der Waals surface area contributed by atoms with Gasteiger partial charge in [0.2, 0.25) is 5.82 Å². The highest BCUT2D eigenvalue weighted by Crippen LogP contribution is 2.27. The smallest absolute Gasteiger partial charge is 0.253 e. The molecule has 1 aromatic heterocycles. The summed E-state index contributed by atoms with van der Waals surface area (Å²) in [5, 5.41) is 3.34. The lowest BCUT2D eigenvalue weighted by Crippen LogP contribution is -2.25. The third-order valence-electron chi connectivity index (χ3n) is 2.69. The number of amides is 1. The Bertz CT molecular complexity index is 751. The zero-order valence-corrected chi connectivity index (χ0v) is 12.6. The lowest BCUT2D eigenvalue weighted by molar-refractivity contribution is -0.122. The van der Waals surface area contributed by atoms with E-state index < -0.39 is 47.3 Å². The predicted molar refractivity (Wildman–Crippen MR) is 77.3 cm³/mol. The van der Waals surface area contributed by atoms with Crippen LogP contribution in [0.1, 0.15) is 4.88 Å². The normalized spacial score (nSPS) is 10.5.